The lowest BCUT2D eigenvalue weighted by Crippen LogP contribution is -2.24. The molecule has 0 saturated carbocycles. The average Bonchev–Trinajstić information content (AvgIpc) is 2.93. The minimum absolute atomic E-state index is 0.171. The second-order valence-corrected chi connectivity index (χ2v) is 9.87. The molecule has 2 aromatic heterocycles. The van der Waals surface area contributed by atoms with Gasteiger partial charge in [-0.15, -0.1) is 0 Å². The van der Waals surface area contributed by atoms with Crippen molar-refractivity contribution in [3.8, 4) is 34.0 Å². The summed E-state index contributed by atoms with van der Waals surface area (Å²) in [6.07, 6.45) is 0. The van der Waals surface area contributed by atoms with Crippen LogP contribution in [0.4, 0.5) is 0 Å². The Balaban J connectivity index is 1.43. The first-order valence-electron chi connectivity index (χ1n) is 12.3. The van der Waals surface area contributed by atoms with E-state index in [0.29, 0.717) is 0 Å². The van der Waals surface area contributed by atoms with Crippen molar-refractivity contribution in [2.75, 3.05) is 0 Å². The molecule has 0 atom stereocenters. The van der Waals surface area contributed by atoms with E-state index in [1.807, 2.05) is 30.3 Å². The third-order valence-electron chi connectivity index (χ3n) is 7.33. The molecule has 0 N–H and O–H groups in total. The first-order valence-corrected chi connectivity index (χ1v) is 12.3. The third kappa shape index (κ3) is 3.13. The Kier molecular flexibility index (Phi) is 4.49. The van der Waals surface area contributed by atoms with E-state index in [-0.39, 0.29) is 5.41 Å². The maximum absolute atomic E-state index is 6.52. The van der Waals surface area contributed by atoms with Crippen molar-refractivity contribution in [1.29, 1.82) is 0 Å². The zero-order valence-corrected chi connectivity index (χ0v) is 20.2. The van der Waals surface area contributed by atoms with Gasteiger partial charge in [-0.05, 0) is 24.3 Å². The van der Waals surface area contributed by atoms with E-state index < -0.39 is 0 Å². The molecule has 7 rings (SSSR count). The van der Waals surface area contributed by atoms with E-state index >= 15 is 0 Å². The summed E-state index contributed by atoms with van der Waals surface area (Å²) in [7, 11) is 0. The van der Waals surface area contributed by atoms with Gasteiger partial charge in [-0.25, -0.2) is 9.97 Å². The molecule has 1 aliphatic rings. The zero-order chi connectivity index (χ0) is 24.3. The largest absolute Gasteiger partial charge is 0.456 e. The number of hydrogen-bond donors (Lipinski definition) is 0. The van der Waals surface area contributed by atoms with Crippen molar-refractivity contribution in [2.45, 2.75) is 19.3 Å². The van der Waals surface area contributed by atoms with Gasteiger partial charge < -0.3 is 4.74 Å². The summed E-state index contributed by atoms with van der Waals surface area (Å²) in [5.74, 6) is 1.79. The third-order valence-corrected chi connectivity index (χ3v) is 7.33. The first-order chi connectivity index (χ1) is 17.6. The Hall–Kier alpha value is -4.50. The summed E-state index contributed by atoms with van der Waals surface area (Å²) in [5.41, 5.74) is 7.92. The highest BCUT2D eigenvalue weighted by atomic mass is 16.5. The Morgan fingerprint density at radius 1 is 0.556 bits per heavy atom. The Labute approximate surface area is 210 Å². The van der Waals surface area contributed by atoms with Gasteiger partial charge in [-0.3, -0.25) is 0 Å². The number of hydrogen-bond acceptors (Lipinski definition) is 3. The summed E-state index contributed by atoms with van der Waals surface area (Å²) in [5, 5.41) is 2.15. The molecule has 0 saturated heterocycles. The van der Waals surface area contributed by atoms with E-state index in [1.54, 1.807) is 0 Å². The first kappa shape index (κ1) is 20.8. The number of ether oxygens (including phenoxy) is 1. The molecule has 0 fully saturated rings. The van der Waals surface area contributed by atoms with Crippen LogP contribution < -0.4 is 4.74 Å². The molecule has 0 aliphatic carbocycles. The highest BCUT2D eigenvalue weighted by Gasteiger charge is 2.35. The minimum atomic E-state index is -0.171. The van der Waals surface area contributed by atoms with Crippen LogP contribution in [0, 0.1) is 0 Å². The summed E-state index contributed by atoms with van der Waals surface area (Å²) in [4.78, 5) is 10.2. The second-order valence-electron chi connectivity index (χ2n) is 9.87. The van der Waals surface area contributed by atoms with Crippen molar-refractivity contribution in [2.24, 2.45) is 0 Å². The standard InChI is InChI=1S/C33H24N2O/c1-33(2)25-12-6-7-14-29(25)36-32-24(11-8-13-26(32)33)28-20-18-23-16-15-22-17-19-27(21-9-4-3-5-10-21)34-30(22)31(23)35-28/h3-20H,1-2H3. The molecule has 3 heteroatoms. The molecular formula is C33H24N2O. The van der Waals surface area contributed by atoms with Crippen molar-refractivity contribution in [3.05, 3.63) is 120 Å². The van der Waals surface area contributed by atoms with Gasteiger partial charge >= 0.3 is 0 Å². The van der Waals surface area contributed by atoms with E-state index in [0.717, 1.165) is 55.8 Å². The smallest absolute Gasteiger partial charge is 0.140 e. The van der Waals surface area contributed by atoms with Crippen LogP contribution in [0.25, 0.3) is 44.3 Å². The molecular weight excluding hydrogens is 440 g/mol. The van der Waals surface area contributed by atoms with Gasteiger partial charge in [0, 0.05) is 38.4 Å². The number of rotatable bonds is 2. The van der Waals surface area contributed by atoms with Crippen molar-refractivity contribution >= 4 is 21.8 Å². The van der Waals surface area contributed by atoms with Gasteiger partial charge in [0.05, 0.1) is 22.4 Å². The van der Waals surface area contributed by atoms with Crippen LogP contribution in [-0.4, -0.2) is 9.97 Å². The van der Waals surface area contributed by atoms with E-state index in [9.17, 15) is 0 Å². The quantitative estimate of drug-likeness (QED) is 0.241. The highest BCUT2D eigenvalue weighted by Crippen LogP contribution is 2.50. The number of pyridine rings is 2. The van der Waals surface area contributed by atoms with Crippen LogP contribution in [-0.2, 0) is 5.41 Å². The molecule has 0 amide bonds. The number of fused-ring (bicyclic) bond motifs is 5. The molecule has 3 nitrogen and oxygen atoms in total. The SMILES string of the molecule is CC1(C)c2ccccc2Oc2c(-c3ccc4ccc5ccc(-c6ccccc6)nc5c4n3)cccc21. The van der Waals surface area contributed by atoms with Gasteiger partial charge in [0.1, 0.15) is 11.5 Å². The number of para-hydroxylation sites is 2. The summed E-state index contributed by atoms with van der Waals surface area (Å²) in [6.45, 7) is 4.51. The fraction of sp³-hybridized carbons (Fsp3) is 0.0909. The second kappa shape index (κ2) is 7.76. The number of nitrogens with zero attached hydrogens (tertiary/aromatic N) is 2. The van der Waals surface area contributed by atoms with E-state index in [1.165, 1.54) is 11.1 Å². The van der Waals surface area contributed by atoms with Crippen molar-refractivity contribution in [3.63, 3.8) is 0 Å². The minimum Gasteiger partial charge on any atom is -0.456 e. The summed E-state index contributed by atoms with van der Waals surface area (Å²) < 4.78 is 6.52. The van der Waals surface area contributed by atoms with Crippen LogP contribution in [0.2, 0.25) is 0 Å². The lowest BCUT2D eigenvalue weighted by molar-refractivity contribution is 0.419. The number of aromatic nitrogens is 2. The van der Waals surface area contributed by atoms with Crippen LogP contribution in [0.15, 0.2) is 109 Å². The fourth-order valence-corrected chi connectivity index (χ4v) is 5.36. The van der Waals surface area contributed by atoms with Gasteiger partial charge in [0.15, 0.2) is 0 Å². The van der Waals surface area contributed by atoms with Gasteiger partial charge in [0.25, 0.3) is 0 Å². The molecule has 1 aliphatic heterocycles. The monoisotopic (exact) mass is 464 g/mol. The van der Waals surface area contributed by atoms with Crippen LogP contribution in [0.1, 0.15) is 25.0 Å². The van der Waals surface area contributed by atoms with Crippen molar-refractivity contribution < 1.29 is 4.74 Å². The van der Waals surface area contributed by atoms with Crippen molar-refractivity contribution in [1.82, 2.24) is 9.97 Å². The molecule has 6 aromatic rings. The van der Waals surface area contributed by atoms with Gasteiger partial charge in [-0.2, -0.15) is 0 Å². The molecule has 0 unspecified atom stereocenters. The molecule has 4 aromatic carbocycles. The molecule has 0 radical (unpaired) electrons. The Morgan fingerprint density at radius 2 is 1.17 bits per heavy atom. The zero-order valence-electron chi connectivity index (χ0n) is 20.2. The lowest BCUT2D eigenvalue weighted by atomic mass is 9.75. The lowest BCUT2D eigenvalue weighted by Gasteiger charge is -2.35. The predicted molar refractivity (Wildman–Crippen MR) is 147 cm³/mol. The highest BCUT2D eigenvalue weighted by molar-refractivity contribution is 6.04. The van der Waals surface area contributed by atoms with E-state index in [4.69, 9.17) is 14.7 Å². The van der Waals surface area contributed by atoms with Crippen LogP contribution in [0.5, 0.6) is 11.5 Å². The topological polar surface area (TPSA) is 35.0 Å². The van der Waals surface area contributed by atoms with Crippen LogP contribution >= 0.6 is 0 Å². The van der Waals surface area contributed by atoms with Gasteiger partial charge in [-0.1, -0.05) is 98.8 Å². The van der Waals surface area contributed by atoms with E-state index in [2.05, 4.69) is 92.7 Å². The Morgan fingerprint density at radius 3 is 1.94 bits per heavy atom. The molecule has 0 spiro atoms. The maximum atomic E-state index is 6.52. The fourth-order valence-electron chi connectivity index (χ4n) is 5.36. The molecule has 172 valence electrons. The molecule has 3 heterocycles. The normalized spacial score (nSPS) is 13.7. The molecule has 36 heavy (non-hydrogen) atoms. The van der Waals surface area contributed by atoms with Crippen LogP contribution in [0.3, 0.4) is 0 Å². The average molecular weight is 465 g/mol. The predicted octanol–water partition coefficient (Wildman–Crippen LogP) is 8.55. The van der Waals surface area contributed by atoms with Gasteiger partial charge in [0.2, 0.25) is 0 Å². The summed E-state index contributed by atoms with van der Waals surface area (Å²) in [6, 6.07) is 37.6. The maximum Gasteiger partial charge on any atom is 0.140 e. The molecule has 0 bridgehead atoms. The summed E-state index contributed by atoms with van der Waals surface area (Å²) >= 11 is 0. The Bertz CT molecular complexity index is 1790. The number of benzene rings is 4.